The first-order chi connectivity index (χ1) is 17.3. The van der Waals surface area contributed by atoms with Crippen LogP contribution in [-0.4, -0.2) is 54.5 Å². The number of esters is 2. The van der Waals surface area contributed by atoms with Gasteiger partial charge in [0.2, 0.25) is 5.78 Å². The quantitative estimate of drug-likeness (QED) is 0.130. The Labute approximate surface area is 218 Å². The van der Waals surface area contributed by atoms with Crippen molar-refractivity contribution in [1.29, 1.82) is 0 Å². The van der Waals surface area contributed by atoms with Crippen molar-refractivity contribution in [3.05, 3.63) is 70.7 Å². The number of benzene rings is 2. The molecule has 9 heteroatoms. The van der Waals surface area contributed by atoms with Crippen LogP contribution in [0.25, 0.3) is 0 Å². The Hall–Kier alpha value is -3.43. The summed E-state index contributed by atoms with van der Waals surface area (Å²) in [4.78, 5) is 39.3. The van der Waals surface area contributed by atoms with Gasteiger partial charge in [-0.1, -0.05) is 18.9 Å². The van der Waals surface area contributed by atoms with Crippen molar-refractivity contribution in [1.82, 2.24) is 4.90 Å². The molecule has 3 rings (SSSR count). The van der Waals surface area contributed by atoms with E-state index in [-0.39, 0.29) is 28.4 Å². The molecule has 0 radical (unpaired) electrons. The number of likely N-dealkylation sites (N-methyl/N-ethyl adjacent to an activating group) is 1. The van der Waals surface area contributed by atoms with Gasteiger partial charge in [-0.15, -0.1) is 6.58 Å². The average molecular weight is 558 g/mol. The van der Waals surface area contributed by atoms with Crippen LogP contribution in [0.3, 0.4) is 0 Å². The molecule has 36 heavy (non-hydrogen) atoms. The van der Waals surface area contributed by atoms with Crippen molar-refractivity contribution in [2.45, 2.75) is 25.7 Å². The summed E-state index contributed by atoms with van der Waals surface area (Å²) in [5, 5.41) is 10.5. The monoisotopic (exact) mass is 557 g/mol. The largest absolute Gasteiger partial charge is 0.507 e. The third-order valence-electron chi connectivity index (χ3n) is 5.43. The number of carbonyl (C=O) groups excluding carboxylic acids is 3. The molecule has 1 aliphatic heterocycles. The fraction of sp³-hybridized carbons (Fsp3) is 0.296. The summed E-state index contributed by atoms with van der Waals surface area (Å²) in [7, 11) is 2.07. The fourth-order valence-corrected chi connectivity index (χ4v) is 3.99. The van der Waals surface area contributed by atoms with Gasteiger partial charge in [0, 0.05) is 24.8 Å². The van der Waals surface area contributed by atoms with Crippen LogP contribution in [0.5, 0.6) is 23.0 Å². The molecule has 0 fully saturated rings. The molecule has 0 atom stereocenters. The lowest BCUT2D eigenvalue weighted by atomic mass is 10.0. The Bertz CT molecular complexity index is 1170. The van der Waals surface area contributed by atoms with Crippen LogP contribution in [0, 0.1) is 0 Å². The van der Waals surface area contributed by atoms with Gasteiger partial charge in [-0.3, -0.25) is 4.79 Å². The van der Waals surface area contributed by atoms with E-state index in [2.05, 4.69) is 34.5 Å². The van der Waals surface area contributed by atoms with Crippen molar-refractivity contribution in [3.63, 3.8) is 0 Å². The number of phenolic OH excluding ortho intramolecular Hbond substituents is 1. The second kappa shape index (κ2) is 13.0. The summed E-state index contributed by atoms with van der Waals surface area (Å²) in [5.41, 5.74) is -0.0668. The van der Waals surface area contributed by atoms with Gasteiger partial charge in [0.1, 0.15) is 11.5 Å². The van der Waals surface area contributed by atoms with Gasteiger partial charge in [-0.05, 0) is 66.6 Å². The molecule has 190 valence electrons. The molecule has 0 spiro atoms. The number of halogens is 1. The first-order valence-electron chi connectivity index (χ1n) is 11.5. The van der Waals surface area contributed by atoms with E-state index >= 15 is 0 Å². The number of unbranched alkanes of at least 4 members (excludes halogenated alkanes) is 3. The third-order valence-corrected chi connectivity index (χ3v) is 6.05. The van der Waals surface area contributed by atoms with Crippen molar-refractivity contribution >= 4 is 33.7 Å². The van der Waals surface area contributed by atoms with Gasteiger partial charge in [-0.25, -0.2) is 9.59 Å². The summed E-state index contributed by atoms with van der Waals surface area (Å²) in [6, 6.07) is 7.30. The number of ether oxygens (including phenoxy) is 3. The Morgan fingerprint density at radius 1 is 1.03 bits per heavy atom. The lowest BCUT2D eigenvalue weighted by molar-refractivity contribution is -0.133. The van der Waals surface area contributed by atoms with Crippen molar-refractivity contribution in [3.8, 4) is 23.0 Å². The molecular weight excluding hydrogens is 530 g/mol. The molecule has 1 aliphatic rings. The molecule has 0 aliphatic carbocycles. The number of aromatic hydroxyl groups is 1. The van der Waals surface area contributed by atoms with Crippen LogP contribution in [-0.2, 0) is 9.59 Å². The van der Waals surface area contributed by atoms with Crippen LogP contribution in [0.4, 0.5) is 0 Å². The van der Waals surface area contributed by atoms with Crippen molar-refractivity contribution < 1.29 is 33.7 Å². The van der Waals surface area contributed by atoms with Crippen LogP contribution >= 0.6 is 15.9 Å². The minimum atomic E-state index is -0.836. The van der Waals surface area contributed by atoms with Crippen molar-refractivity contribution in [2.75, 3.05) is 26.7 Å². The summed E-state index contributed by atoms with van der Waals surface area (Å²) in [5.74, 6) is -2.40. The van der Waals surface area contributed by atoms with E-state index in [4.69, 9.17) is 14.2 Å². The summed E-state index contributed by atoms with van der Waals surface area (Å²) >= 11 is 3.23. The molecular formula is C27H28BrNO7. The Balaban J connectivity index is 1.63. The summed E-state index contributed by atoms with van der Waals surface area (Å²) in [6.07, 6.45) is 7.82. The maximum Gasteiger partial charge on any atom is 0.336 e. The number of hydrogen-bond acceptors (Lipinski definition) is 8. The number of hydrogen-bond donors (Lipinski definition) is 1. The first-order valence-corrected chi connectivity index (χ1v) is 12.3. The standard InChI is InChI=1S/C27H28BrNO7/c1-3-14-29(2)15-6-4-5-7-16-34-18-8-9-19(22(30)17-18)25(33)20-10-11-21(28)27-26(20)35-23(31)12-13-24(32)36-27/h3,8-13,17,30H,1,4-7,14-16H2,2H3/b13-12+. The molecule has 0 saturated heterocycles. The van der Waals surface area contributed by atoms with E-state index in [1.807, 2.05) is 6.08 Å². The molecule has 8 nitrogen and oxygen atoms in total. The van der Waals surface area contributed by atoms with Gasteiger partial charge in [0.25, 0.3) is 0 Å². The zero-order valence-corrected chi connectivity index (χ0v) is 21.6. The average Bonchev–Trinajstić information content (AvgIpc) is 2.83. The predicted octanol–water partition coefficient (Wildman–Crippen LogP) is 4.82. The minimum Gasteiger partial charge on any atom is -0.507 e. The van der Waals surface area contributed by atoms with E-state index in [0.717, 1.165) is 50.9 Å². The normalized spacial score (nSPS) is 13.8. The van der Waals surface area contributed by atoms with Gasteiger partial charge in [-0.2, -0.15) is 0 Å². The maximum atomic E-state index is 13.2. The van der Waals surface area contributed by atoms with Crippen LogP contribution in [0.15, 0.2) is 59.6 Å². The van der Waals surface area contributed by atoms with Crippen LogP contribution in [0.1, 0.15) is 41.6 Å². The lowest BCUT2D eigenvalue weighted by Gasteiger charge is -2.16. The molecule has 0 saturated carbocycles. The van der Waals surface area contributed by atoms with Crippen LogP contribution in [0.2, 0.25) is 0 Å². The van der Waals surface area contributed by atoms with Crippen LogP contribution < -0.4 is 14.2 Å². The summed E-state index contributed by atoms with van der Waals surface area (Å²) in [6.45, 7) is 6.13. The van der Waals surface area contributed by atoms with E-state index in [1.165, 1.54) is 24.3 Å². The van der Waals surface area contributed by atoms with E-state index in [9.17, 15) is 19.5 Å². The van der Waals surface area contributed by atoms with Gasteiger partial charge in [0.05, 0.1) is 22.2 Å². The minimum absolute atomic E-state index is 0.0181. The highest BCUT2D eigenvalue weighted by Crippen LogP contribution is 2.41. The van der Waals surface area contributed by atoms with Gasteiger partial charge >= 0.3 is 11.9 Å². The fourth-order valence-electron chi connectivity index (χ4n) is 3.60. The lowest BCUT2D eigenvalue weighted by Crippen LogP contribution is -2.19. The Morgan fingerprint density at radius 3 is 2.39 bits per heavy atom. The molecule has 1 heterocycles. The highest BCUT2D eigenvalue weighted by atomic mass is 79.9. The Morgan fingerprint density at radius 2 is 1.69 bits per heavy atom. The molecule has 0 amide bonds. The zero-order valence-electron chi connectivity index (χ0n) is 20.0. The maximum absolute atomic E-state index is 13.2. The molecule has 2 aromatic carbocycles. The number of rotatable bonds is 12. The zero-order chi connectivity index (χ0) is 26.1. The second-order valence-electron chi connectivity index (χ2n) is 8.25. The van der Waals surface area contributed by atoms with E-state index < -0.39 is 17.7 Å². The topological polar surface area (TPSA) is 102 Å². The Kier molecular flexibility index (Phi) is 9.84. The molecule has 1 N–H and O–H groups in total. The molecule has 0 aromatic heterocycles. The molecule has 0 unspecified atom stereocenters. The van der Waals surface area contributed by atoms with E-state index in [0.29, 0.717) is 16.8 Å². The molecule has 0 bridgehead atoms. The van der Waals surface area contributed by atoms with Crippen molar-refractivity contribution in [2.24, 2.45) is 0 Å². The van der Waals surface area contributed by atoms with Gasteiger partial charge < -0.3 is 24.2 Å². The number of carbonyl (C=O) groups is 3. The van der Waals surface area contributed by atoms with E-state index in [1.54, 1.807) is 6.07 Å². The smallest absolute Gasteiger partial charge is 0.336 e. The molecule has 2 aromatic rings. The summed E-state index contributed by atoms with van der Waals surface area (Å²) < 4.78 is 16.5. The second-order valence-corrected chi connectivity index (χ2v) is 9.10. The van der Waals surface area contributed by atoms with Gasteiger partial charge in [0.15, 0.2) is 11.5 Å². The third kappa shape index (κ3) is 7.29. The number of nitrogens with zero attached hydrogens (tertiary/aromatic N) is 1. The number of fused-ring (bicyclic) bond motifs is 1. The first kappa shape index (κ1) is 27.2. The SMILES string of the molecule is C=CCN(C)CCCCCCOc1ccc(C(=O)c2ccc(Br)c3c2OC(=O)/C=C/C(=O)O3)c(O)c1. The number of phenols is 1. The highest BCUT2D eigenvalue weighted by molar-refractivity contribution is 9.10. The predicted molar refractivity (Wildman–Crippen MR) is 138 cm³/mol. The highest BCUT2D eigenvalue weighted by Gasteiger charge is 2.27. The number of ketones is 1.